The zero-order chi connectivity index (χ0) is 14.2. The van der Waals surface area contributed by atoms with Gasteiger partial charge in [0.05, 0.1) is 10.7 Å². The van der Waals surface area contributed by atoms with E-state index < -0.39 is 5.54 Å². The van der Waals surface area contributed by atoms with Crippen molar-refractivity contribution in [3.8, 4) is 0 Å². The molecule has 2 N–H and O–H groups in total. The fourth-order valence-corrected chi connectivity index (χ4v) is 3.97. The molecular weight excluding hydrogens is 344 g/mol. The van der Waals surface area contributed by atoms with E-state index in [-0.39, 0.29) is 0 Å². The van der Waals surface area contributed by atoms with E-state index in [9.17, 15) is 0 Å². The van der Waals surface area contributed by atoms with Crippen molar-refractivity contribution < 1.29 is 0 Å². The van der Waals surface area contributed by atoms with E-state index in [2.05, 4.69) is 27.8 Å². The molecule has 1 atom stereocenters. The highest BCUT2D eigenvalue weighted by atomic mass is 79.9. The van der Waals surface area contributed by atoms with Crippen molar-refractivity contribution in [2.45, 2.75) is 32.7 Å². The Labute approximate surface area is 131 Å². The maximum atomic E-state index is 6.45. The second-order valence-electron chi connectivity index (χ2n) is 4.97. The van der Waals surface area contributed by atoms with Crippen LogP contribution in [0.4, 0.5) is 0 Å². The average Bonchev–Trinajstić information content (AvgIpc) is 2.56. The predicted molar refractivity (Wildman–Crippen MR) is 86.0 cm³/mol. The Balaban J connectivity index is 2.31. The molecule has 102 valence electrons. The Morgan fingerprint density at radius 3 is 2.63 bits per heavy atom. The highest BCUT2D eigenvalue weighted by Gasteiger charge is 2.26. The molecule has 0 aliphatic heterocycles. The number of thiazole rings is 1. The normalized spacial score (nSPS) is 14.4. The molecule has 0 amide bonds. The molecule has 0 radical (unpaired) electrons. The Morgan fingerprint density at radius 2 is 2.11 bits per heavy atom. The monoisotopic (exact) mass is 358 g/mol. The minimum absolute atomic E-state index is 0.519. The lowest BCUT2D eigenvalue weighted by Crippen LogP contribution is -2.35. The molecule has 19 heavy (non-hydrogen) atoms. The van der Waals surface area contributed by atoms with Gasteiger partial charge >= 0.3 is 0 Å². The summed E-state index contributed by atoms with van der Waals surface area (Å²) >= 11 is 11.4. The molecule has 1 aromatic carbocycles. The Kier molecular flexibility index (Phi) is 4.35. The first-order valence-electron chi connectivity index (χ1n) is 5.97. The third kappa shape index (κ3) is 3.37. The number of hydrogen-bond donors (Lipinski definition) is 1. The molecule has 0 spiro atoms. The van der Waals surface area contributed by atoms with Crippen LogP contribution in [0, 0.1) is 13.8 Å². The van der Waals surface area contributed by atoms with Gasteiger partial charge in [0, 0.05) is 26.3 Å². The Bertz CT molecular complexity index is 588. The zero-order valence-corrected chi connectivity index (χ0v) is 14.3. The third-order valence-electron chi connectivity index (χ3n) is 3.14. The minimum atomic E-state index is -0.519. The van der Waals surface area contributed by atoms with Crippen LogP contribution in [0.25, 0.3) is 0 Å². The fourth-order valence-electron chi connectivity index (χ4n) is 1.98. The van der Waals surface area contributed by atoms with Gasteiger partial charge in [-0.3, -0.25) is 0 Å². The Morgan fingerprint density at radius 1 is 1.42 bits per heavy atom. The van der Waals surface area contributed by atoms with E-state index in [0.717, 1.165) is 20.7 Å². The molecule has 1 unspecified atom stereocenters. The van der Waals surface area contributed by atoms with Gasteiger partial charge in [-0.15, -0.1) is 11.3 Å². The van der Waals surface area contributed by atoms with Crippen molar-refractivity contribution in [3.63, 3.8) is 0 Å². The van der Waals surface area contributed by atoms with Crippen LogP contribution in [0.5, 0.6) is 0 Å². The molecule has 0 saturated heterocycles. The van der Waals surface area contributed by atoms with Gasteiger partial charge in [0.25, 0.3) is 0 Å². The molecule has 0 aliphatic rings. The molecular formula is C14H16BrClN2S. The second kappa shape index (κ2) is 5.52. The second-order valence-corrected chi connectivity index (χ2v) is 7.58. The number of nitrogens with two attached hydrogens (primary N) is 1. The van der Waals surface area contributed by atoms with Crippen molar-refractivity contribution in [1.29, 1.82) is 0 Å². The molecule has 0 bridgehead atoms. The Hall–Kier alpha value is -0.420. The summed E-state index contributed by atoms with van der Waals surface area (Å²) in [5, 5.41) is 1.74. The largest absolute Gasteiger partial charge is 0.321 e. The van der Waals surface area contributed by atoms with Crippen molar-refractivity contribution in [1.82, 2.24) is 4.98 Å². The van der Waals surface area contributed by atoms with Crippen molar-refractivity contribution in [3.05, 3.63) is 48.8 Å². The molecule has 2 nitrogen and oxygen atoms in total. The molecule has 0 aliphatic carbocycles. The average molecular weight is 360 g/mol. The first kappa shape index (κ1) is 15.0. The SMILES string of the molecule is Cc1nc(CC(C)(N)c2ccc(Br)cc2Cl)sc1C. The summed E-state index contributed by atoms with van der Waals surface area (Å²) in [6.45, 7) is 6.10. The maximum Gasteiger partial charge on any atom is 0.0952 e. The molecule has 5 heteroatoms. The van der Waals surface area contributed by atoms with E-state index in [1.807, 2.05) is 32.0 Å². The van der Waals surface area contributed by atoms with Crippen molar-refractivity contribution in [2.24, 2.45) is 5.73 Å². The lowest BCUT2D eigenvalue weighted by molar-refractivity contribution is 0.490. The topological polar surface area (TPSA) is 38.9 Å². The number of nitrogens with zero attached hydrogens (tertiary/aromatic N) is 1. The van der Waals surface area contributed by atoms with Crippen LogP contribution < -0.4 is 5.73 Å². The van der Waals surface area contributed by atoms with Crippen LogP contribution >= 0.6 is 38.9 Å². The van der Waals surface area contributed by atoms with Gasteiger partial charge in [-0.05, 0) is 38.5 Å². The highest BCUT2D eigenvalue weighted by Crippen LogP contribution is 2.32. The number of rotatable bonds is 3. The van der Waals surface area contributed by atoms with E-state index in [1.165, 1.54) is 4.88 Å². The number of halogens is 2. The summed E-state index contributed by atoms with van der Waals surface area (Å²) in [5.74, 6) is 0. The smallest absolute Gasteiger partial charge is 0.0952 e. The van der Waals surface area contributed by atoms with Gasteiger partial charge in [-0.2, -0.15) is 0 Å². The lowest BCUT2D eigenvalue weighted by atomic mass is 9.90. The van der Waals surface area contributed by atoms with Gasteiger partial charge in [0.2, 0.25) is 0 Å². The summed E-state index contributed by atoms with van der Waals surface area (Å²) in [7, 11) is 0. The quantitative estimate of drug-likeness (QED) is 0.870. The van der Waals surface area contributed by atoms with Crippen LogP contribution in [0.2, 0.25) is 5.02 Å². The van der Waals surface area contributed by atoms with Crippen LogP contribution in [0.15, 0.2) is 22.7 Å². The minimum Gasteiger partial charge on any atom is -0.321 e. The number of benzene rings is 1. The molecule has 2 rings (SSSR count). The summed E-state index contributed by atoms with van der Waals surface area (Å²) in [5.41, 5.74) is 7.96. The van der Waals surface area contributed by atoms with E-state index in [1.54, 1.807) is 11.3 Å². The van der Waals surface area contributed by atoms with Crippen LogP contribution in [0.1, 0.15) is 28.1 Å². The van der Waals surface area contributed by atoms with Crippen molar-refractivity contribution >= 4 is 38.9 Å². The first-order valence-corrected chi connectivity index (χ1v) is 7.95. The number of aryl methyl sites for hydroxylation is 2. The van der Waals surface area contributed by atoms with E-state index in [0.29, 0.717) is 11.4 Å². The maximum absolute atomic E-state index is 6.45. The van der Waals surface area contributed by atoms with Crippen LogP contribution in [-0.2, 0) is 12.0 Å². The predicted octanol–water partition coefficient (Wildman–Crippen LogP) is 4.59. The summed E-state index contributed by atoms with van der Waals surface area (Å²) in [4.78, 5) is 5.80. The lowest BCUT2D eigenvalue weighted by Gasteiger charge is -2.25. The standard InChI is InChI=1S/C14H16BrClN2S/c1-8-9(2)19-13(18-8)7-14(3,17)11-5-4-10(15)6-12(11)16/h4-6H,7,17H2,1-3H3. The van der Waals surface area contributed by atoms with Gasteiger partial charge in [0.15, 0.2) is 0 Å². The summed E-state index contributed by atoms with van der Waals surface area (Å²) in [6, 6.07) is 5.81. The first-order chi connectivity index (χ1) is 8.79. The molecule has 1 heterocycles. The number of aromatic nitrogens is 1. The van der Waals surface area contributed by atoms with E-state index >= 15 is 0 Å². The van der Waals surface area contributed by atoms with Crippen LogP contribution in [-0.4, -0.2) is 4.98 Å². The zero-order valence-electron chi connectivity index (χ0n) is 11.1. The molecule has 0 saturated carbocycles. The summed E-state index contributed by atoms with van der Waals surface area (Å²) < 4.78 is 0.956. The van der Waals surface area contributed by atoms with Crippen LogP contribution in [0.3, 0.4) is 0 Å². The molecule has 2 aromatic rings. The van der Waals surface area contributed by atoms with Gasteiger partial charge < -0.3 is 5.73 Å². The van der Waals surface area contributed by atoms with Crippen molar-refractivity contribution in [2.75, 3.05) is 0 Å². The molecule has 0 fully saturated rings. The van der Waals surface area contributed by atoms with Gasteiger partial charge in [0.1, 0.15) is 0 Å². The van der Waals surface area contributed by atoms with Gasteiger partial charge in [-0.1, -0.05) is 33.6 Å². The third-order valence-corrected chi connectivity index (χ3v) is 5.02. The fraction of sp³-hybridized carbons (Fsp3) is 0.357. The highest BCUT2D eigenvalue weighted by molar-refractivity contribution is 9.10. The van der Waals surface area contributed by atoms with Gasteiger partial charge in [-0.25, -0.2) is 4.98 Å². The summed E-state index contributed by atoms with van der Waals surface area (Å²) in [6.07, 6.45) is 0.688. The van der Waals surface area contributed by atoms with E-state index in [4.69, 9.17) is 17.3 Å². The number of hydrogen-bond acceptors (Lipinski definition) is 3. The molecule has 1 aromatic heterocycles.